The van der Waals surface area contributed by atoms with Gasteiger partial charge >= 0.3 is 0 Å². The zero-order chi connectivity index (χ0) is 15.3. The van der Waals surface area contributed by atoms with Crippen LogP contribution in [0.15, 0.2) is 6.07 Å². The van der Waals surface area contributed by atoms with Gasteiger partial charge in [-0.15, -0.1) is 0 Å². The Morgan fingerprint density at radius 3 is 2.35 bits per heavy atom. The number of carbonyl (C=O) groups excluding carboxylic acids is 1. The zero-order valence-corrected chi connectivity index (χ0v) is 13.4. The predicted molar refractivity (Wildman–Crippen MR) is 81.9 cm³/mol. The topological polar surface area (TPSA) is 58.1 Å². The van der Waals surface area contributed by atoms with Crippen molar-refractivity contribution in [3.8, 4) is 0 Å². The number of nitrogens with one attached hydrogen (secondary N) is 1. The molecule has 1 amide bonds. The van der Waals surface area contributed by atoms with Crippen molar-refractivity contribution in [3.05, 3.63) is 17.5 Å². The second kappa shape index (κ2) is 7.22. The molecule has 1 aromatic rings. The van der Waals surface area contributed by atoms with Crippen molar-refractivity contribution in [1.82, 2.24) is 14.9 Å². The molecule has 1 atom stereocenters. The number of aromatic nitrogens is 2. The molecule has 1 heterocycles. The number of likely N-dealkylation sites (N-methyl/N-ethyl adjacent to an activating group) is 1. The third kappa shape index (κ3) is 4.18. The number of carbonyl (C=O) groups is 1. The third-order valence-corrected chi connectivity index (χ3v) is 3.26. The molecule has 0 spiro atoms. The molecule has 20 heavy (non-hydrogen) atoms. The SMILES string of the molecule is CCN(CC)C(=O)C(C)Nc1nc(C)cc(C(C)C)n1. The van der Waals surface area contributed by atoms with Crippen LogP contribution in [0.2, 0.25) is 0 Å². The lowest BCUT2D eigenvalue weighted by molar-refractivity contribution is -0.131. The Balaban J connectivity index is 2.85. The fourth-order valence-electron chi connectivity index (χ4n) is 2.02. The van der Waals surface area contributed by atoms with Crippen LogP contribution >= 0.6 is 0 Å². The maximum absolute atomic E-state index is 12.2. The van der Waals surface area contributed by atoms with E-state index in [-0.39, 0.29) is 11.9 Å². The number of anilines is 1. The molecule has 5 heteroatoms. The highest BCUT2D eigenvalue weighted by Gasteiger charge is 2.19. The standard InChI is InChI=1S/C15H26N4O/c1-7-19(8-2)14(20)12(6)17-15-16-11(5)9-13(18-15)10(3)4/h9-10,12H,7-8H2,1-6H3,(H,16,17,18). The minimum Gasteiger partial charge on any atom is -0.343 e. The van der Waals surface area contributed by atoms with E-state index >= 15 is 0 Å². The van der Waals surface area contributed by atoms with Gasteiger partial charge in [-0.1, -0.05) is 13.8 Å². The number of hydrogen-bond donors (Lipinski definition) is 1. The van der Waals surface area contributed by atoms with Gasteiger partial charge in [0.1, 0.15) is 6.04 Å². The number of rotatable bonds is 6. The number of hydrogen-bond acceptors (Lipinski definition) is 4. The van der Waals surface area contributed by atoms with Gasteiger partial charge < -0.3 is 10.2 Å². The van der Waals surface area contributed by atoms with Gasteiger partial charge in [0.05, 0.1) is 0 Å². The van der Waals surface area contributed by atoms with Crippen LogP contribution < -0.4 is 5.32 Å². The Hall–Kier alpha value is -1.65. The summed E-state index contributed by atoms with van der Waals surface area (Å²) in [7, 11) is 0. The van der Waals surface area contributed by atoms with E-state index in [1.165, 1.54) is 0 Å². The van der Waals surface area contributed by atoms with Crippen LogP contribution in [-0.4, -0.2) is 39.9 Å². The summed E-state index contributed by atoms with van der Waals surface area (Å²) in [5.74, 6) is 0.943. The minimum absolute atomic E-state index is 0.0752. The van der Waals surface area contributed by atoms with Crippen LogP contribution in [0.25, 0.3) is 0 Å². The molecule has 1 rings (SSSR count). The Labute approximate surface area is 121 Å². The van der Waals surface area contributed by atoms with Crippen molar-refractivity contribution in [1.29, 1.82) is 0 Å². The van der Waals surface area contributed by atoms with Gasteiger partial charge in [-0.2, -0.15) is 0 Å². The Morgan fingerprint density at radius 2 is 1.85 bits per heavy atom. The maximum atomic E-state index is 12.2. The van der Waals surface area contributed by atoms with Crippen LogP contribution in [-0.2, 0) is 4.79 Å². The number of nitrogens with zero attached hydrogens (tertiary/aromatic N) is 3. The lowest BCUT2D eigenvalue weighted by Crippen LogP contribution is -2.41. The first-order chi connectivity index (χ1) is 9.38. The van der Waals surface area contributed by atoms with Crippen LogP contribution in [0.5, 0.6) is 0 Å². The Bertz CT molecular complexity index is 455. The summed E-state index contributed by atoms with van der Waals surface area (Å²) in [4.78, 5) is 22.9. The van der Waals surface area contributed by atoms with Gasteiger partial charge in [-0.3, -0.25) is 4.79 Å². The first-order valence-corrected chi connectivity index (χ1v) is 7.29. The van der Waals surface area contributed by atoms with E-state index in [1.54, 1.807) is 4.90 Å². The first kappa shape index (κ1) is 16.4. The quantitative estimate of drug-likeness (QED) is 0.869. The molecular weight excluding hydrogens is 252 g/mol. The second-order valence-electron chi connectivity index (χ2n) is 5.29. The van der Waals surface area contributed by atoms with Crippen molar-refractivity contribution in [2.75, 3.05) is 18.4 Å². The Kier molecular flexibility index (Phi) is 5.92. The first-order valence-electron chi connectivity index (χ1n) is 7.29. The predicted octanol–water partition coefficient (Wildman–Crippen LogP) is 2.58. The maximum Gasteiger partial charge on any atom is 0.244 e. The number of aryl methyl sites for hydroxylation is 1. The van der Waals surface area contributed by atoms with Gasteiger partial charge in [-0.05, 0) is 39.7 Å². The second-order valence-corrected chi connectivity index (χ2v) is 5.29. The average Bonchev–Trinajstić information content (AvgIpc) is 2.39. The normalized spacial score (nSPS) is 12.3. The van der Waals surface area contributed by atoms with E-state index in [1.807, 2.05) is 33.8 Å². The molecule has 1 unspecified atom stereocenters. The summed E-state index contributed by atoms with van der Waals surface area (Å²) in [5, 5.41) is 3.11. The van der Waals surface area contributed by atoms with Gasteiger partial charge in [0.15, 0.2) is 0 Å². The van der Waals surface area contributed by atoms with Crippen molar-refractivity contribution in [2.45, 2.75) is 53.5 Å². The summed E-state index contributed by atoms with van der Waals surface area (Å²) in [5.41, 5.74) is 1.90. The van der Waals surface area contributed by atoms with Crippen molar-refractivity contribution in [2.24, 2.45) is 0 Å². The van der Waals surface area contributed by atoms with E-state index in [9.17, 15) is 4.79 Å². The molecule has 5 nitrogen and oxygen atoms in total. The van der Waals surface area contributed by atoms with Gasteiger partial charge in [0.25, 0.3) is 0 Å². The minimum atomic E-state index is -0.322. The molecular formula is C15H26N4O. The molecule has 112 valence electrons. The summed E-state index contributed by atoms with van der Waals surface area (Å²) >= 11 is 0. The van der Waals surface area contributed by atoms with E-state index in [2.05, 4.69) is 29.1 Å². The molecule has 1 aromatic heterocycles. The van der Waals surface area contributed by atoms with Gasteiger partial charge in [0.2, 0.25) is 11.9 Å². The molecule has 0 saturated heterocycles. The summed E-state index contributed by atoms with van der Waals surface area (Å²) in [6, 6.07) is 1.66. The molecule has 0 bridgehead atoms. The lowest BCUT2D eigenvalue weighted by Gasteiger charge is -2.23. The zero-order valence-electron chi connectivity index (χ0n) is 13.4. The summed E-state index contributed by atoms with van der Waals surface area (Å²) in [6.45, 7) is 13.4. The van der Waals surface area contributed by atoms with Crippen molar-refractivity contribution in [3.63, 3.8) is 0 Å². The summed E-state index contributed by atoms with van der Waals surface area (Å²) < 4.78 is 0. The van der Waals surface area contributed by atoms with Crippen molar-refractivity contribution >= 4 is 11.9 Å². The highest BCUT2D eigenvalue weighted by Crippen LogP contribution is 2.15. The molecule has 0 saturated carbocycles. The molecule has 0 aliphatic carbocycles. The van der Waals surface area contributed by atoms with Crippen LogP contribution in [0.3, 0.4) is 0 Å². The molecule has 0 aliphatic rings. The third-order valence-electron chi connectivity index (χ3n) is 3.26. The monoisotopic (exact) mass is 278 g/mol. The smallest absolute Gasteiger partial charge is 0.244 e. The van der Waals surface area contributed by atoms with E-state index < -0.39 is 0 Å². The molecule has 0 aromatic carbocycles. The molecule has 0 fully saturated rings. The fourth-order valence-corrected chi connectivity index (χ4v) is 2.02. The molecule has 0 radical (unpaired) electrons. The van der Waals surface area contributed by atoms with E-state index in [0.29, 0.717) is 25.0 Å². The average molecular weight is 278 g/mol. The highest BCUT2D eigenvalue weighted by molar-refractivity contribution is 5.83. The van der Waals surface area contributed by atoms with E-state index in [0.717, 1.165) is 11.4 Å². The fraction of sp³-hybridized carbons (Fsp3) is 0.667. The molecule has 1 N–H and O–H groups in total. The Morgan fingerprint density at radius 1 is 1.25 bits per heavy atom. The van der Waals surface area contributed by atoms with Crippen LogP contribution in [0.4, 0.5) is 5.95 Å². The van der Waals surface area contributed by atoms with Crippen LogP contribution in [0.1, 0.15) is 51.9 Å². The van der Waals surface area contributed by atoms with Crippen LogP contribution in [0, 0.1) is 6.92 Å². The van der Waals surface area contributed by atoms with E-state index in [4.69, 9.17) is 0 Å². The number of amides is 1. The largest absolute Gasteiger partial charge is 0.343 e. The molecule has 0 aliphatic heterocycles. The van der Waals surface area contributed by atoms with Gasteiger partial charge in [0, 0.05) is 24.5 Å². The highest BCUT2D eigenvalue weighted by atomic mass is 16.2. The summed E-state index contributed by atoms with van der Waals surface area (Å²) in [6.07, 6.45) is 0. The lowest BCUT2D eigenvalue weighted by atomic mass is 10.1. The van der Waals surface area contributed by atoms with Crippen molar-refractivity contribution < 1.29 is 4.79 Å². The van der Waals surface area contributed by atoms with Gasteiger partial charge in [-0.25, -0.2) is 9.97 Å².